The molecule has 5 heteroatoms. The van der Waals surface area contributed by atoms with Crippen LogP contribution in [-0.2, 0) is 0 Å². The molecule has 5 nitrogen and oxygen atoms in total. The molecule has 0 aliphatic carbocycles. The monoisotopic (exact) mass is 258 g/mol. The van der Waals surface area contributed by atoms with Crippen molar-refractivity contribution < 1.29 is 4.79 Å². The van der Waals surface area contributed by atoms with Crippen molar-refractivity contribution in [3.63, 3.8) is 0 Å². The molecule has 0 bridgehead atoms. The van der Waals surface area contributed by atoms with Gasteiger partial charge in [0.2, 0.25) is 0 Å². The second-order valence-electron chi connectivity index (χ2n) is 5.27. The van der Waals surface area contributed by atoms with Gasteiger partial charge in [0, 0.05) is 24.2 Å². The molecule has 1 aromatic carbocycles. The lowest BCUT2D eigenvalue weighted by molar-refractivity contribution is 0.0619. The number of aromatic amines is 1. The van der Waals surface area contributed by atoms with Gasteiger partial charge in [-0.05, 0) is 38.0 Å². The first-order valence-electron chi connectivity index (χ1n) is 6.65. The summed E-state index contributed by atoms with van der Waals surface area (Å²) >= 11 is 0. The lowest BCUT2D eigenvalue weighted by atomic mass is 9.98. The fourth-order valence-electron chi connectivity index (χ4n) is 2.74. The van der Waals surface area contributed by atoms with Crippen LogP contribution in [0.15, 0.2) is 24.5 Å². The number of aromatic nitrogens is 2. The highest BCUT2D eigenvalue weighted by Crippen LogP contribution is 2.20. The number of piperidine rings is 1. The van der Waals surface area contributed by atoms with Crippen molar-refractivity contribution in [3.8, 4) is 0 Å². The van der Waals surface area contributed by atoms with E-state index in [4.69, 9.17) is 5.73 Å². The number of likely N-dealkylation sites (tertiary alicyclic amines) is 1. The van der Waals surface area contributed by atoms with Gasteiger partial charge < -0.3 is 15.6 Å². The smallest absolute Gasteiger partial charge is 0.254 e. The first kappa shape index (κ1) is 12.2. The predicted octanol–water partition coefficient (Wildman–Crippen LogP) is 1.51. The first-order valence-corrected chi connectivity index (χ1v) is 6.65. The van der Waals surface area contributed by atoms with E-state index in [1.54, 1.807) is 6.33 Å². The zero-order valence-electron chi connectivity index (χ0n) is 11.0. The average Bonchev–Trinajstić information content (AvgIpc) is 2.85. The summed E-state index contributed by atoms with van der Waals surface area (Å²) in [6.45, 7) is 2.80. The summed E-state index contributed by atoms with van der Waals surface area (Å²) in [5.74, 6) is 0.0795. The molecule has 0 spiro atoms. The molecule has 1 aliphatic rings. The van der Waals surface area contributed by atoms with E-state index in [2.05, 4.69) is 16.9 Å². The number of carbonyl (C=O) groups excluding carboxylic acids is 1. The first-order chi connectivity index (χ1) is 9.15. The Balaban J connectivity index is 1.86. The molecule has 1 aromatic heterocycles. The lowest BCUT2D eigenvalue weighted by Crippen LogP contribution is -2.48. The van der Waals surface area contributed by atoms with Crippen LogP contribution in [0.4, 0.5) is 0 Å². The second kappa shape index (κ2) is 4.66. The van der Waals surface area contributed by atoms with E-state index in [9.17, 15) is 4.79 Å². The van der Waals surface area contributed by atoms with Crippen LogP contribution >= 0.6 is 0 Å². The lowest BCUT2D eigenvalue weighted by Gasteiger charge is -2.36. The van der Waals surface area contributed by atoms with E-state index < -0.39 is 0 Å². The summed E-state index contributed by atoms with van der Waals surface area (Å²) in [5.41, 5.74) is 8.42. The number of carbonyl (C=O) groups is 1. The van der Waals surface area contributed by atoms with E-state index in [-0.39, 0.29) is 18.0 Å². The molecule has 1 saturated heterocycles. The maximum atomic E-state index is 12.5. The number of nitrogens with zero attached hydrogens (tertiary/aromatic N) is 2. The van der Waals surface area contributed by atoms with Gasteiger partial charge in [0.25, 0.3) is 5.91 Å². The minimum absolute atomic E-state index is 0.0795. The highest BCUT2D eigenvalue weighted by atomic mass is 16.2. The minimum atomic E-state index is 0.0795. The molecule has 0 saturated carbocycles. The Bertz CT molecular complexity index is 606. The summed E-state index contributed by atoms with van der Waals surface area (Å²) in [4.78, 5) is 21.6. The number of rotatable bonds is 1. The molecule has 19 heavy (non-hydrogen) atoms. The fourth-order valence-corrected chi connectivity index (χ4v) is 2.74. The number of hydrogen-bond acceptors (Lipinski definition) is 3. The molecule has 2 heterocycles. The van der Waals surface area contributed by atoms with Crippen molar-refractivity contribution in [2.24, 2.45) is 5.73 Å². The molecular weight excluding hydrogens is 240 g/mol. The van der Waals surface area contributed by atoms with Gasteiger partial charge >= 0.3 is 0 Å². The Labute approximate surface area is 111 Å². The van der Waals surface area contributed by atoms with Crippen LogP contribution in [0.1, 0.15) is 30.1 Å². The third kappa shape index (κ3) is 2.21. The Kier molecular flexibility index (Phi) is 2.98. The summed E-state index contributed by atoms with van der Waals surface area (Å²) in [6.07, 6.45) is 3.39. The third-order valence-electron chi connectivity index (χ3n) is 3.84. The normalized spacial score (nSPS) is 23.8. The van der Waals surface area contributed by atoms with Gasteiger partial charge in [-0.25, -0.2) is 4.98 Å². The van der Waals surface area contributed by atoms with Crippen LogP contribution in [0, 0.1) is 0 Å². The van der Waals surface area contributed by atoms with Crippen LogP contribution in [0.5, 0.6) is 0 Å². The molecule has 2 atom stereocenters. The number of benzene rings is 1. The molecule has 100 valence electrons. The van der Waals surface area contributed by atoms with E-state index in [0.29, 0.717) is 5.56 Å². The van der Waals surface area contributed by atoms with E-state index in [0.717, 1.165) is 30.4 Å². The maximum absolute atomic E-state index is 12.5. The van der Waals surface area contributed by atoms with Crippen molar-refractivity contribution in [1.29, 1.82) is 0 Å². The quantitative estimate of drug-likeness (QED) is 0.814. The summed E-state index contributed by atoms with van der Waals surface area (Å²) in [5, 5.41) is 0. The Morgan fingerprint density at radius 1 is 1.53 bits per heavy atom. The van der Waals surface area contributed by atoms with Crippen molar-refractivity contribution in [2.75, 3.05) is 6.54 Å². The second-order valence-corrected chi connectivity index (χ2v) is 5.27. The van der Waals surface area contributed by atoms with Gasteiger partial charge in [0.15, 0.2) is 0 Å². The van der Waals surface area contributed by atoms with E-state index >= 15 is 0 Å². The van der Waals surface area contributed by atoms with E-state index in [1.165, 1.54) is 0 Å². The van der Waals surface area contributed by atoms with Crippen molar-refractivity contribution in [3.05, 3.63) is 30.1 Å². The number of imidazole rings is 1. The van der Waals surface area contributed by atoms with Crippen molar-refractivity contribution in [1.82, 2.24) is 14.9 Å². The Morgan fingerprint density at radius 3 is 3.16 bits per heavy atom. The van der Waals surface area contributed by atoms with Crippen LogP contribution < -0.4 is 5.73 Å². The third-order valence-corrected chi connectivity index (χ3v) is 3.84. The number of hydrogen-bond donors (Lipinski definition) is 2. The molecule has 3 rings (SSSR count). The van der Waals surface area contributed by atoms with Gasteiger partial charge in [-0.2, -0.15) is 0 Å². The molecule has 1 aliphatic heterocycles. The minimum Gasteiger partial charge on any atom is -0.345 e. The van der Waals surface area contributed by atoms with Gasteiger partial charge in [-0.1, -0.05) is 0 Å². The summed E-state index contributed by atoms with van der Waals surface area (Å²) in [7, 11) is 0. The van der Waals surface area contributed by atoms with Crippen LogP contribution in [0.25, 0.3) is 11.0 Å². The SMILES string of the molecule is CC1CC(N)CCN1C(=O)c1ccc2nc[nH]c2c1. The number of nitrogens with two attached hydrogens (primary N) is 1. The molecule has 1 amide bonds. The zero-order chi connectivity index (χ0) is 13.4. The molecule has 2 unspecified atom stereocenters. The topological polar surface area (TPSA) is 75.0 Å². The van der Waals surface area contributed by atoms with Gasteiger partial charge in [-0.15, -0.1) is 0 Å². The highest BCUT2D eigenvalue weighted by Gasteiger charge is 2.27. The molecule has 1 fully saturated rings. The van der Waals surface area contributed by atoms with Crippen LogP contribution in [0.2, 0.25) is 0 Å². The molecule has 3 N–H and O–H groups in total. The van der Waals surface area contributed by atoms with Crippen molar-refractivity contribution in [2.45, 2.75) is 31.8 Å². The Hall–Kier alpha value is -1.88. The Morgan fingerprint density at radius 2 is 2.37 bits per heavy atom. The number of nitrogens with one attached hydrogen (secondary N) is 1. The van der Waals surface area contributed by atoms with Gasteiger partial charge in [0.05, 0.1) is 17.4 Å². The summed E-state index contributed by atoms with van der Waals surface area (Å²) in [6, 6.07) is 6.00. The maximum Gasteiger partial charge on any atom is 0.254 e. The van der Waals surface area contributed by atoms with Crippen molar-refractivity contribution >= 4 is 16.9 Å². The standard InChI is InChI=1S/C14H18N4O/c1-9-6-11(15)4-5-18(9)14(19)10-2-3-12-13(7-10)17-8-16-12/h2-3,7-9,11H,4-6,15H2,1H3,(H,16,17). The average molecular weight is 258 g/mol. The summed E-state index contributed by atoms with van der Waals surface area (Å²) < 4.78 is 0. The van der Waals surface area contributed by atoms with Gasteiger partial charge in [-0.3, -0.25) is 4.79 Å². The van der Waals surface area contributed by atoms with E-state index in [1.807, 2.05) is 23.1 Å². The van der Waals surface area contributed by atoms with Crippen LogP contribution in [0.3, 0.4) is 0 Å². The molecule has 0 radical (unpaired) electrons. The zero-order valence-corrected chi connectivity index (χ0v) is 11.0. The largest absolute Gasteiger partial charge is 0.345 e. The predicted molar refractivity (Wildman–Crippen MR) is 73.8 cm³/mol. The molecule has 2 aromatic rings. The highest BCUT2D eigenvalue weighted by molar-refractivity contribution is 5.97. The van der Waals surface area contributed by atoms with Crippen LogP contribution in [-0.4, -0.2) is 39.4 Å². The number of amides is 1. The molecular formula is C14H18N4O. The number of fused-ring (bicyclic) bond motifs is 1. The fraction of sp³-hybridized carbons (Fsp3) is 0.429. The number of H-pyrrole nitrogens is 1. The van der Waals surface area contributed by atoms with Gasteiger partial charge in [0.1, 0.15) is 0 Å².